The number of H-pyrrole nitrogens is 1. The van der Waals surface area contributed by atoms with E-state index in [9.17, 15) is 9.18 Å². The molecule has 0 atom stereocenters. The van der Waals surface area contributed by atoms with Crippen LogP contribution >= 0.6 is 0 Å². The Kier molecular flexibility index (Phi) is 4.94. The van der Waals surface area contributed by atoms with Crippen molar-refractivity contribution in [3.8, 4) is 0 Å². The van der Waals surface area contributed by atoms with E-state index in [1.807, 2.05) is 13.8 Å². The summed E-state index contributed by atoms with van der Waals surface area (Å²) in [7, 11) is 0. The molecule has 1 aliphatic heterocycles. The van der Waals surface area contributed by atoms with E-state index in [-0.39, 0.29) is 11.5 Å². The Bertz CT molecular complexity index is 700. The number of likely N-dealkylation sites (tertiary alicyclic amines) is 1. The number of nitrogens with zero attached hydrogens (tertiary/aromatic N) is 2. The van der Waals surface area contributed by atoms with E-state index in [4.69, 9.17) is 0 Å². The highest BCUT2D eigenvalue weighted by atomic mass is 19.1. The lowest BCUT2D eigenvalue weighted by Crippen LogP contribution is -2.45. The van der Waals surface area contributed by atoms with E-state index < -0.39 is 5.82 Å². The predicted molar refractivity (Wildman–Crippen MR) is 90.2 cm³/mol. The molecule has 0 spiro atoms. The van der Waals surface area contributed by atoms with Crippen LogP contribution in [-0.2, 0) is 6.54 Å². The number of hydrogen-bond donors (Lipinski definition) is 2. The largest absolute Gasteiger partial charge is 0.338 e. The minimum absolute atomic E-state index is 0.161. The molecule has 0 radical (unpaired) electrons. The number of aryl methyl sites for hydroxylation is 2. The van der Waals surface area contributed by atoms with Crippen molar-refractivity contribution in [1.29, 1.82) is 0 Å². The number of halogens is 1. The standard InChI is InChI=1S/C18H23FN4O/c1-12-16(13(2)22-21-12)11-20-14-7-9-23(10-8-14)18(24)15-5-3-4-6-17(15)19/h3-6,14,20H,7-11H2,1-2H3,(H,21,22). The molecule has 0 unspecified atom stereocenters. The highest BCUT2D eigenvalue weighted by molar-refractivity contribution is 5.94. The Hall–Kier alpha value is -2.21. The van der Waals surface area contributed by atoms with Crippen molar-refractivity contribution in [2.45, 2.75) is 39.3 Å². The molecule has 2 N–H and O–H groups in total. The third-order valence-electron chi connectivity index (χ3n) is 4.73. The lowest BCUT2D eigenvalue weighted by atomic mass is 10.0. The smallest absolute Gasteiger partial charge is 0.256 e. The third kappa shape index (κ3) is 3.48. The van der Waals surface area contributed by atoms with Crippen molar-refractivity contribution < 1.29 is 9.18 Å². The van der Waals surface area contributed by atoms with Gasteiger partial charge >= 0.3 is 0 Å². The first-order valence-corrected chi connectivity index (χ1v) is 8.34. The molecule has 1 aromatic carbocycles. The van der Waals surface area contributed by atoms with Crippen LogP contribution in [0.4, 0.5) is 4.39 Å². The van der Waals surface area contributed by atoms with Gasteiger partial charge < -0.3 is 10.2 Å². The lowest BCUT2D eigenvalue weighted by Gasteiger charge is -2.32. The monoisotopic (exact) mass is 330 g/mol. The summed E-state index contributed by atoms with van der Waals surface area (Å²) in [6.45, 7) is 6.09. The highest BCUT2D eigenvalue weighted by Gasteiger charge is 2.25. The van der Waals surface area contributed by atoms with E-state index in [0.717, 1.165) is 30.8 Å². The fourth-order valence-electron chi connectivity index (χ4n) is 3.17. The predicted octanol–water partition coefficient (Wildman–Crippen LogP) is 2.56. The van der Waals surface area contributed by atoms with Gasteiger partial charge in [0.2, 0.25) is 0 Å². The van der Waals surface area contributed by atoms with Crippen LogP contribution in [0.3, 0.4) is 0 Å². The molecular weight excluding hydrogens is 307 g/mol. The van der Waals surface area contributed by atoms with Crippen LogP contribution in [0, 0.1) is 19.7 Å². The molecule has 1 aliphatic rings. The van der Waals surface area contributed by atoms with Crippen molar-refractivity contribution in [2.75, 3.05) is 13.1 Å². The van der Waals surface area contributed by atoms with Gasteiger partial charge in [-0.3, -0.25) is 9.89 Å². The zero-order valence-corrected chi connectivity index (χ0v) is 14.1. The molecule has 1 fully saturated rings. The Morgan fingerprint density at radius 1 is 1.33 bits per heavy atom. The summed E-state index contributed by atoms with van der Waals surface area (Å²) in [5, 5.41) is 10.7. The van der Waals surface area contributed by atoms with E-state index in [1.54, 1.807) is 23.1 Å². The second-order valence-electron chi connectivity index (χ2n) is 6.34. The van der Waals surface area contributed by atoms with Crippen LogP contribution in [0.25, 0.3) is 0 Å². The highest BCUT2D eigenvalue weighted by Crippen LogP contribution is 2.17. The fourth-order valence-corrected chi connectivity index (χ4v) is 3.17. The van der Waals surface area contributed by atoms with Gasteiger partial charge in [-0.05, 0) is 38.8 Å². The van der Waals surface area contributed by atoms with Crippen LogP contribution in [-0.4, -0.2) is 40.1 Å². The Labute approximate surface area is 141 Å². The average Bonchev–Trinajstić information content (AvgIpc) is 2.91. The maximum atomic E-state index is 13.8. The van der Waals surface area contributed by atoms with Gasteiger partial charge in [-0.1, -0.05) is 12.1 Å². The summed E-state index contributed by atoms with van der Waals surface area (Å²) in [6.07, 6.45) is 1.74. The number of hydrogen-bond acceptors (Lipinski definition) is 3. The molecule has 5 nitrogen and oxygen atoms in total. The first-order valence-electron chi connectivity index (χ1n) is 8.34. The summed E-state index contributed by atoms with van der Waals surface area (Å²) in [4.78, 5) is 14.2. The zero-order chi connectivity index (χ0) is 17.1. The molecule has 128 valence electrons. The zero-order valence-electron chi connectivity index (χ0n) is 14.1. The molecule has 2 aromatic rings. The molecule has 0 saturated carbocycles. The molecule has 0 bridgehead atoms. The lowest BCUT2D eigenvalue weighted by molar-refractivity contribution is 0.0700. The van der Waals surface area contributed by atoms with Crippen LogP contribution in [0.1, 0.15) is 40.2 Å². The quantitative estimate of drug-likeness (QED) is 0.906. The van der Waals surface area contributed by atoms with Crippen molar-refractivity contribution >= 4 is 5.91 Å². The number of aromatic amines is 1. The van der Waals surface area contributed by atoms with Crippen LogP contribution in [0.5, 0.6) is 0 Å². The molecule has 1 aromatic heterocycles. The van der Waals surface area contributed by atoms with Gasteiger partial charge in [0.05, 0.1) is 11.3 Å². The SMILES string of the molecule is Cc1n[nH]c(C)c1CNC1CCN(C(=O)c2ccccc2F)CC1. The second-order valence-corrected chi connectivity index (χ2v) is 6.34. The van der Waals surface area contributed by atoms with Crippen molar-refractivity contribution in [1.82, 2.24) is 20.4 Å². The molecule has 3 rings (SSSR count). The minimum Gasteiger partial charge on any atom is -0.338 e. The van der Waals surface area contributed by atoms with Crippen molar-refractivity contribution in [3.05, 3.63) is 52.6 Å². The molecule has 6 heteroatoms. The molecule has 0 aliphatic carbocycles. The summed E-state index contributed by atoms with van der Waals surface area (Å²) in [5.41, 5.74) is 3.48. The van der Waals surface area contributed by atoms with Gasteiger partial charge in [0, 0.05) is 36.9 Å². The molecule has 1 saturated heterocycles. The molecule has 2 heterocycles. The maximum Gasteiger partial charge on any atom is 0.256 e. The van der Waals surface area contributed by atoms with Gasteiger partial charge in [-0.25, -0.2) is 4.39 Å². The topological polar surface area (TPSA) is 61.0 Å². The van der Waals surface area contributed by atoms with Gasteiger partial charge in [-0.2, -0.15) is 5.10 Å². The summed E-state index contributed by atoms with van der Waals surface area (Å²) in [6, 6.07) is 6.54. The van der Waals surface area contributed by atoms with Crippen molar-refractivity contribution in [2.24, 2.45) is 0 Å². The van der Waals surface area contributed by atoms with Gasteiger partial charge in [0.25, 0.3) is 5.91 Å². The van der Waals surface area contributed by atoms with Crippen molar-refractivity contribution in [3.63, 3.8) is 0 Å². The van der Waals surface area contributed by atoms with Gasteiger partial charge in [0.1, 0.15) is 5.82 Å². The number of rotatable bonds is 4. The maximum absolute atomic E-state index is 13.8. The summed E-state index contributed by atoms with van der Waals surface area (Å²) < 4.78 is 13.8. The van der Waals surface area contributed by atoms with Gasteiger partial charge in [0.15, 0.2) is 0 Å². The first-order chi connectivity index (χ1) is 11.6. The Morgan fingerprint density at radius 2 is 2.04 bits per heavy atom. The van der Waals surface area contributed by atoms with Crippen LogP contribution in [0.2, 0.25) is 0 Å². The van der Waals surface area contributed by atoms with E-state index in [1.165, 1.54) is 11.6 Å². The second kappa shape index (κ2) is 7.13. The average molecular weight is 330 g/mol. The Balaban J connectivity index is 1.53. The fraction of sp³-hybridized carbons (Fsp3) is 0.444. The van der Waals surface area contributed by atoms with Crippen LogP contribution < -0.4 is 5.32 Å². The molecule has 1 amide bonds. The number of aromatic nitrogens is 2. The third-order valence-corrected chi connectivity index (χ3v) is 4.73. The number of carbonyl (C=O) groups excluding carboxylic acids is 1. The summed E-state index contributed by atoms with van der Waals surface area (Å²) >= 11 is 0. The van der Waals surface area contributed by atoms with Crippen LogP contribution in [0.15, 0.2) is 24.3 Å². The normalized spacial score (nSPS) is 15.7. The summed E-state index contributed by atoms with van der Waals surface area (Å²) in [5.74, 6) is -0.665. The van der Waals surface area contributed by atoms with E-state index >= 15 is 0 Å². The molecular formula is C18H23FN4O. The number of nitrogens with one attached hydrogen (secondary N) is 2. The minimum atomic E-state index is -0.450. The number of carbonyl (C=O) groups is 1. The number of benzene rings is 1. The number of amides is 1. The van der Waals surface area contributed by atoms with E-state index in [2.05, 4.69) is 15.5 Å². The van der Waals surface area contributed by atoms with E-state index in [0.29, 0.717) is 19.1 Å². The molecule has 24 heavy (non-hydrogen) atoms. The first kappa shape index (κ1) is 16.6. The number of piperidine rings is 1. The van der Waals surface area contributed by atoms with Gasteiger partial charge in [-0.15, -0.1) is 0 Å². The Morgan fingerprint density at radius 3 is 2.67 bits per heavy atom.